The van der Waals surface area contributed by atoms with E-state index >= 15 is 0 Å². The van der Waals surface area contributed by atoms with Crippen molar-refractivity contribution in [3.8, 4) is 0 Å². The standard InChI is InChI=1S/C16H27O2.Ga.Ra/c1-12-2-4-13(5-3-12)6-7-14-8-10-15(11-9-14)16(17)18;;/h12-15H,1-11H2,(H,17,18);;. The van der Waals surface area contributed by atoms with E-state index in [-0.39, 0.29) is 50.9 Å². The fourth-order valence-corrected chi connectivity index (χ4v) is 4.91. The summed E-state index contributed by atoms with van der Waals surface area (Å²) in [5, 5.41) is 9.01. The van der Waals surface area contributed by atoms with Crippen molar-refractivity contribution in [2.75, 3.05) is 0 Å². The molecule has 20 heavy (non-hydrogen) atoms. The zero-order chi connectivity index (χ0) is 13.7. The van der Waals surface area contributed by atoms with Crippen LogP contribution in [0.15, 0.2) is 0 Å². The molecular formula is C16H27GaO2Ra. The van der Waals surface area contributed by atoms with E-state index in [0.29, 0.717) is 0 Å². The minimum atomic E-state index is -0.571. The summed E-state index contributed by atoms with van der Waals surface area (Å²) in [4.78, 5) is 12.4. The second-order valence-electron chi connectivity index (χ2n) is 6.76. The molecule has 2 aliphatic carbocycles. The Hall–Kier alpha value is 1.57. The van der Waals surface area contributed by atoms with Gasteiger partial charge in [-0.1, -0.05) is 0 Å². The molecule has 2 aliphatic rings. The fraction of sp³-hybridized carbons (Fsp3) is 0.938. The summed E-state index contributed by atoms with van der Waals surface area (Å²) in [7, 11) is 0. The van der Waals surface area contributed by atoms with E-state index in [1.807, 2.05) is 18.6 Å². The van der Waals surface area contributed by atoms with E-state index in [1.54, 1.807) is 0 Å². The maximum Gasteiger partial charge on any atom is 0 e. The first-order valence-corrected chi connectivity index (χ1v) is 9.83. The van der Waals surface area contributed by atoms with Crippen molar-refractivity contribution < 1.29 is 54.9 Å². The second kappa shape index (κ2) is 10.4. The van der Waals surface area contributed by atoms with E-state index in [0.717, 1.165) is 43.4 Å². The van der Waals surface area contributed by atoms with Crippen molar-refractivity contribution in [1.29, 1.82) is 0 Å². The third-order valence-corrected chi connectivity index (χ3v) is 6.88. The number of carboxylic acids is 1. The molecule has 0 atom stereocenters. The number of aliphatic carboxylic acids is 1. The topological polar surface area (TPSA) is 37.3 Å². The maximum atomic E-state index is 10.9. The van der Waals surface area contributed by atoms with Crippen molar-refractivity contribution in [2.24, 2.45) is 23.7 Å². The van der Waals surface area contributed by atoms with E-state index in [2.05, 4.69) is 0 Å². The maximum absolute atomic E-state index is 10.9. The third kappa shape index (κ3) is 6.36. The Labute approximate surface area is 170 Å². The van der Waals surface area contributed by atoms with Crippen molar-refractivity contribution >= 4 is 24.6 Å². The van der Waals surface area contributed by atoms with Crippen molar-refractivity contribution in [3.63, 3.8) is 0 Å². The summed E-state index contributed by atoms with van der Waals surface area (Å²) < 4.78 is 0. The summed E-state index contributed by atoms with van der Waals surface area (Å²) in [5.41, 5.74) is 0. The molecule has 0 bridgehead atoms. The van der Waals surface area contributed by atoms with Gasteiger partial charge in [-0.05, 0) is 0 Å². The monoisotopic (exact) mass is 546 g/mol. The van der Waals surface area contributed by atoms with Crippen LogP contribution in [0.2, 0.25) is 4.98 Å². The van der Waals surface area contributed by atoms with E-state index in [1.165, 1.54) is 43.5 Å². The molecule has 4 heteroatoms. The van der Waals surface area contributed by atoms with Crippen LogP contribution < -0.4 is 0 Å². The molecule has 0 amide bonds. The molecule has 0 aromatic heterocycles. The Morgan fingerprint density at radius 2 is 1.25 bits per heavy atom. The molecule has 2 nitrogen and oxygen atoms in total. The van der Waals surface area contributed by atoms with Crippen LogP contribution >= 0.6 is 0 Å². The van der Waals surface area contributed by atoms with E-state index in [9.17, 15) is 4.79 Å². The summed E-state index contributed by atoms with van der Waals surface area (Å²) in [6, 6.07) is 0. The van der Waals surface area contributed by atoms with Gasteiger partial charge in [0, 0.05) is 45.0 Å². The summed E-state index contributed by atoms with van der Waals surface area (Å²) in [6.07, 6.45) is 12.8. The third-order valence-electron chi connectivity index (χ3n) is 5.48. The van der Waals surface area contributed by atoms with Gasteiger partial charge in [0.1, 0.15) is 0 Å². The number of hydrogen-bond donors (Lipinski definition) is 1. The Kier molecular flexibility index (Phi) is 10.2. The predicted octanol–water partition coefficient (Wildman–Crippen LogP) is 4.05. The SMILES string of the molecule is O=C(O)C1CCC(CCC2CCC([CH2][Ga])CC2)CC1.[Ra]. The van der Waals surface area contributed by atoms with Gasteiger partial charge in [-0.2, -0.15) is 0 Å². The minimum absolute atomic E-state index is 0. The van der Waals surface area contributed by atoms with Crippen LogP contribution in [0.3, 0.4) is 0 Å². The first kappa shape index (κ1) is 19.6. The molecule has 0 aliphatic heterocycles. The van der Waals surface area contributed by atoms with Crippen molar-refractivity contribution in [3.05, 3.63) is 0 Å². The molecule has 0 spiro atoms. The van der Waals surface area contributed by atoms with Gasteiger partial charge in [0.15, 0.2) is 0 Å². The summed E-state index contributed by atoms with van der Waals surface area (Å²) in [6.45, 7) is 0. The number of hydrogen-bond acceptors (Lipinski definition) is 1. The molecule has 108 valence electrons. The van der Waals surface area contributed by atoms with Gasteiger partial charge in [0.25, 0.3) is 0 Å². The van der Waals surface area contributed by atoms with E-state index in [4.69, 9.17) is 5.11 Å². The largest absolute Gasteiger partial charge is 0 e. The molecule has 0 aromatic rings. The zero-order valence-electron chi connectivity index (χ0n) is 12.7. The Morgan fingerprint density at radius 1 is 0.850 bits per heavy atom. The van der Waals surface area contributed by atoms with Gasteiger partial charge in [-0.15, -0.1) is 0 Å². The van der Waals surface area contributed by atoms with Gasteiger partial charge >= 0.3 is 117 Å². The average Bonchev–Trinajstić information content (AvgIpc) is 2.46. The Bertz CT molecular complexity index is 282. The number of carbonyl (C=O) groups is 1. The predicted molar refractivity (Wildman–Crippen MR) is 78.3 cm³/mol. The second-order valence-corrected chi connectivity index (χ2v) is 7.74. The van der Waals surface area contributed by atoms with E-state index < -0.39 is 5.97 Å². The molecule has 1 N–H and O–H groups in total. The molecule has 0 unspecified atom stereocenters. The average molecular weight is 547 g/mol. The van der Waals surface area contributed by atoms with Crippen LogP contribution in [0, 0.1) is 68.7 Å². The molecule has 0 aromatic carbocycles. The van der Waals surface area contributed by atoms with Crippen LogP contribution in [0.4, 0.5) is 0 Å². The summed E-state index contributed by atoms with van der Waals surface area (Å²) in [5.74, 6) is 2.22. The first-order chi connectivity index (χ1) is 9.19. The van der Waals surface area contributed by atoms with Gasteiger partial charge in [0.05, 0.1) is 0 Å². The fourth-order valence-electron chi connectivity index (χ4n) is 3.93. The zero-order valence-corrected chi connectivity index (χ0v) is 21.0. The molecule has 4 radical (unpaired) electrons. The van der Waals surface area contributed by atoms with Crippen LogP contribution in [0.1, 0.15) is 64.2 Å². The molecule has 2 rings (SSSR count). The van der Waals surface area contributed by atoms with Crippen molar-refractivity contribution in [1.82, 2.24) is 0 Å². The number of carboxylic acid groups (broad SMARTS) is 1. The number of rotatable bonds is 5. The normalized spacial score (nSPS) is 34.2. The van der Waals surface area contributed by atoms with Gasteiger partial charge < -0.3 is 5.11 Å². The van der Waals surface area contributed by atoms with Crippen LogP contribution in [-0.2, 0) is 4.79 Å². The first-order valence-electron chi connectivity index (χ1n) is 8.12. The van der Waals surface area contributed by atoms with Gasteiger partial charge in [0.2, 0.25) is 0 Å². The van der Waals surface area contributed by atoms with Crippen LogP contribution in [0.25, 0.3) is 0 Å². The van der Waals surface area contributed by atoms with Crippen LogP contribution in [-0.4, -0.2) is 29.7 Å². The molecule has 0 saturated heterocycles. The van der Waals surface area contributed by atoms with Crippen molar-refractivity contribution in [2.45, 2.75) is 69.2 Å². The molecule has 2 saturated carbocycles. The van der Waals surface area contributed by atoms with Gasteiger partial charge in [-0.25, -0.2) is 0 Å². The Morgan fingerprint density at radius 3 is 1.65 bits per heavy atom. The quantitative estimate of drug-likeness (QED) is 0.528. The smallest absolute Gasteiger partial charge is 0 e. The van der Waals surface area contributed by atoms with Gasteiger partial charge in [-0.3, -0.25) is 4.79 Å². The van der Waals surface area contributed by atoms with Crippen LogP contribution in [0.5, 0.6) is 0 Å². The Balaban J connectivity index is 0.00000200. The molecule has 2 fully saturated rings. The molecular weight excluding hydrogens is 520 g/mol. The minimum Gasteiger partial charge on any atom is 0 e. The summed E-state index contributed by atoms with van der Waals surface area (Å²) >= 11 is 1.90. The molecule has 0 heterocycles.